The molecule has 0 radical (unpaired) electrons. The van der Waals surface area contributed by atoms with E-state index in [1.807, 2.05) is 0 Å². The zero-order valence-electron chi connectivity index (χ0n) is 17.7. The van der Waals surface area contributed by atoms with Gasteiger partial charge in [0.05, 0.1) is 0 Å². The molecule has 1 aliphatic rings. The third kappa shape index (κ3) is 7.73. The molecular formula is C23H39F2N. The van der Waals surface area contributed by atoms with Gasteiger partial charge in [-0.15, -0.1) is 0 Å². The van der Waals surface area contributed by atoms with E-state index in [2.05, 4.69) is 39.5 Å². The van der Waals surface area contributed by atoms with Crippen LogP contribution in [0.4, 0.5) is 8.78 Å². The fraction of sp³-hybridized carbons (Fsp3) is 0.739. The van der Waals surface area contributed by atoms with Crippen LogP contribution < -0.4 is 0 Å². The number of rotatable bonds is 6. The molecule has 1 aromatic rings. The van der Waals surface area contributed by atoms with Gasteiger partial charge in [-0.25, -0.2) is 8.78 Å². The van der Waals surface area contributed by atoms with Crippen molar-refractivity contribution < 1.29 is 8.78 Å². The average molecular weight is 368 g/mol. The molecule has 2 atom stereocenters. The Hall–Kier alpha value is -0.960. The summed E-state index contributed by atoms with van der Waals surface area (Å²) in [6.45, 7) is 16.1. The number of benzene rings is 1. The number of halogens is 2. The van der Waals surface area contributed by atoms with Crippen molar-refractivity contribution in [3.63, 3.8) is 0 Å². The molecule has 1 aliphatic carbocycles. The lowest BCUT2D eigenvalue weighted by atomic mass is 9.79. The third-order valence-corrected chi connectivity index (χ3v) is 5.59. The molecule has 0 heterocycles. The molecule has 0 aromatic heterocycles. The minimum atomic E-state index is -0.530. The highest BCUT2D eigenvalue weighted by Crippen LogP contribution is 2.41. The van der Waals surface area contributed by atoms with Gasteiger partial charge in [0.25, 0.3) is 0 Å². The van der Waals surface area contributed by atoms with Crippen molar-refractivity contribution >= 4 is 0 Å². The van der Waals surface area contributed by atoms with E-state index in [-0.39, 0.29) is 0 Å². The molecule has 0 bridgehead atoms. The van der Waals surface area contributed by atoms with Gasteiger partial charge in [0.15, 0.2) is 0 Å². The Morgan fingerprint density at radius 1 is 1.04 bits per heavy atom. The number of hydrogen-bond donors (Lipinski definition) is 0. The largest absolute Gasteiger partial charge is 0.300 e. The van der Waals surface area contributed by atoms with Crippen LogP contribution in [0, 0.1) is 29.9 Å². The second-order valence-corrected chi connectivity index (χ2v) is 8.81. The lowest BCUT2D eigenvalue weighted by Gasteiger charge is -2.31. The van der Waals surface area contributed by atoms with Crippen molar-refractivity contribution in [2.75, 3.05) is 13.1 Å². The molecule has 1 aromatic carbocycles. The SMILES string of the molecule is CCCCN(CCC)C1CCC(C(C)(C)C)C1.Cc1ccc(F)cc1F. The minimum Gasteiger partial charge on any atom is -0.300 e. The number of hydrogen-bond acceptors (Lipinski definition) is 1. The summed E-state index contributed by atoms with van der Waals surface area (Å²) >= 11 is 0. The van der Waals surface area contributed by atoms with E-state index < -0.39 is 11.6 Å². The molecule has 0 aliphatic heterocycles. The Morgan fingerprint density at radius 3 is 2.19 bits per heavy atom. The summed E-state index contributed by atoms with van der Waals surface area (Å²) in [7, 11) is 0. The first-order chi connectivity index (χ1) is 12.2. The average Bonchev–Trinajstić information content (AvgIpc) is 3.06. The molecule has 0 N–H and O–H groups in total. The van der Waals surface area contributed by atoms with Gasteiger partial charge >= 0.3 is 0 Å². The van der Waals surface area contributed by atoms with Gasteiger partial charge in [0.1, 0.15) is 11.6 Å². The number of nitrogens with zero attached hydrogens (tertiary/aromatic N) is 1. The molecule has 150 valence electrons. The van der Waals surface area contributed by atoms with Crippen LogP contribution >= 0.6 is 0 Å². The van der Waals surface area contributed by atoms with E-state index in [0.29, 0.717) is 11.0 Å². The molecule has 1 fully saturated rings. The first kappa shape index (κ1) is 23.1. The zero-order chi connectivity index (χ0) is 19.7. The van der Waals surface area contributed by atoms with Crippen LogP contribution in [-0.2, 0) is 0 Å². The zero-order valence-corrected chi connectivity index (χ0v) is 17.7. The Bertz CT molecular complexity index is 521. The van der Waals surface area contributed by atoms with Gasteiger partial charge in [-0.2, -0.15) is 0 Å². The smallest absolute Gasteiger partial charge is 0.129 e. The number of aryl methyl sites for hydroxylation is 1. The van der Waals surface area contributed by atoms with Gasteiger partial charge < -0.3 is 4.90 Å². The standard InChI is InChI=1S/C16H33N.C7H6F2/c1-6-8-12-17(11-7-2)15-10-9-14(13-15)16(3,4)5;1-5-2-3-6(8)4-7(5)9/h14-15H,6-13H2,1-5H3;2-4H,1H3. The molecule has 1 nitrogen and oxygen atoms in total. The molecule has 26 heavy (non-hydrogen) atoms. The lowest BCUT2D eigenvalue weighted by molar-refractivity contribution is 0.173. The van der Waals surface area contributed by atoms with Gasteiger partial charge in [-0.3, -0.25) is 0 Å². The van der Waals surface area contributed by atoms with Crippen LogP contribution in [0.2, 0.25) is 0 Å². The number of unbranched alkanes of at least 4 members (excludes halogenated alkanes) is 1. The van der Waals surface area contributed by atoms with Crippen molar-refractivity contribution in [2.45, 2.75) is 86.1 Å². The van der Waals surface area contributed by atoms with Crippen molar-refractivity contribution in [3.05, 3.63) is 35.4 Å². The summed E-state index contributed by atoms with van der Waals surface area (Å²) in [4.78, 5) is 2.77. The molecule has 0 saturated heterocycles. The molecule has 1 saturated carbocycles. The van der Waals surface area contributed by atoms with Gasteiger partial charge in [-0.05, 0) is 75.1 Å². The van der Waals surface area contributed by atoms with Crippen molar-refractivity contribution in [2.24, 2.45) is 11.3 Å². The molecule has 3 heteroatoms. The van der Waals surface area contributed by atoms with Crippen LogP contribution in [0.3, 0.4) is 0 Å². The molecule has 0 spiro atoms. The fourth-order valence-corrected chi connectivity index (χ4v) is 3.77. The van der Waals surface area contributed by atoms with Crippen LogP contribution in [0.15, 0.2) is 18.2 Å². The van der Waals surface area contributed by atoms with Gasteiger partial charge in [0.2, 0.25) is 0 Å². The maximum atomic E-state index is 12.3. The van der Waals surface area contributed by atoms with Crippen molar-refractivity contribution in [1.29, 1.82) is 0 Å². The van der Waals surface area contributed by atoms with E-state index in [9.17, 15) is 8.78 Å². The van der Waals surface area contributed by atoms with Crippen molar-refractivity contribution in [1.82, 2.24) is 4.90 Å². The molecule has 2 rings (SSSR count). The third-order valence-electron chi connectivity index (χ3n) is 5.59. The summed E-state index contributed by atoms with van der Waals surface area (Å²) in [6, 6.07) is 4.39. The Kier molecular flexibility index (Phi) is 9.78. The minimum absolute atomic E-state index is 0.469. The molecule has 2 unspecified atom stereocenters. The topological polar surface area (TPSA) is 3.24 Å². The summed E-state index contributed by atoms with van der Waals surface area (Å²) in [5, 5.41) is 0. The van der Waals surface area contributed by atoms with E-state index in [4.69, 9.17) is 0 Å². The van der Waals surface area contributed by atoms with Gasteiger partial charge in [-0.1, -0.05) is 47.1 Å². The highest BCUT2D eigenvalue weighted by molar-refractivity contribution is 5.16. The normalized spacial score (nSPS) is 20.2. The predicted molar refractivity (Wildman–Crippen MR) is 108 cm³/mol. The fourth-order valence-electron chi connectivity index (χ4n) is 3.77. The first-order valence-corrected chi connectivity index (χ1v) is 10.3. The van der Waals surface area contributed by atoms with E-state index in [0.717, 1.165) is 18.0 Å². The van der Waals surface area contributed by atoms with Crippen molar-refractivity contribution in [3.8, 4) is 0 Å². The summed E-state index contributed by atoms with van der Waals surface area (Å²) in [5.41, 5.74) is 0.980. The highest BCUT2D eigenvalue weighted by atomic mass is 19.1. The summed E-state index contributed by atoms with van der Waals surface area (Å²) < 4.78 is 24.4. The maximum Gasteiger partial charge on any atom is 0.129 e. The monoisotopic (exact) mass is 367 g/mol. The highest BCUT2D eigenvalue weighted by Gasteiger charge is 2.34. The lowest BCUT2D eigenvalue weighted by Crippen LogP contribution is -2.35. The molecule has 0 amide bonds. The summed E-state index contributed by atoms with van der Waals surface area (Å²) in [6.07, 6.45) is 8.33. The van der Waals surface area contributed by atoms with Crippen LogP contribution in [0.25, 0.3) is 0 Å². The van der Waals surface area contributed by atoms with Gasteiger partial charge in [0, 0.05) is 12.1 Å². The Labute approximate surface area is 160 Å². The van der Waals surface area contributed by atoms with Crippen LogP contribution in [0.5, 0.6) is 0 Å². The Morgan fingerprint density at radius 2 is 1.73 bits per heavy atom. The van der Waals surface area contributed by atoms with E-state index in [1.54, 1.807) is 6.92 Å². The first-order valence-electron chi connectivity index (χ1n) is 10.3. The van der Waals surface area contributed by atoms with Crippen LogP contribution in [-0.4, -0.2) is 24.0 Å². The second-order valence-electron chi connectivity index (χ2n) is 8.81. The molecular weight excluding hydrogens is 328 g/mol. The second kappa shape index (κ2) is 11.0. The summed E-state index contributed by atoms with van der Waals surface area (Å²) in [5.74, 6) is -0.0819. The van der Waals surface area contributed by atoms with Crippen LogP contribution in [0.1, 0.15) is 78.7 Å². The quantitative estimate of drug-likeness (QED) is 0.524. The van der Waals surface area contributed by atoms with E-state index >= 15 is 0 Å². The maximum absolute atomic E-state index is 12.3. The van der Waals surface area contributed by atoms with E-state index in [1.165, 1.54) is 63.7 Å². The Balaban J connectivity index is 0.000000314. The predicted octanol–water partition coefficient (Wildman–Crippen LogP) is 6.99.